The Morgan fingerprint density at radius 2 is 0.833 bits per heavy atom. The number of hydrogen-bond acceptors (Lipinski definition) is 2. The normalized spacial score (nSPS) is 12.2. The van der Waals surface area contributed by atoms with E-state index in [2.05, 4.69) is 161 Å². The van der Waals surface area contributed by atoms with Crippen molar-refractivity contribution in [3.05, 3.63) is 158 Å². The molecule has 4 heteroatoms. The molecule has 0 unspecified atom stereocenters. The van der Waals surface area contributed by atoms with Crippen LogP contribution in [0.25, 0.3) is 98.8 Å². The first kappa shape index (κ1) is 25.6. The summed E-state index contributed by atoms with van der Waals surface area (Å²) in [6, 6.07) is 56.6. The van der Waals surface area contributed by atoms with Crippen molar-refractivity contribution < 1.29 is 0 Å². The van der Waals surface area contributed by atoms with E-state index in [9.17, 15) is 0 Å². The molecule has 4 nitrogen and oxygen atoms in total. The van der Waals surface area contributed by atoms with E-state index in [4.69, 9.17) is 9.97 Å². The van der Waals surface area contributed by atoms with Crippen LogP contribution in [-0.2, 0) is 0 Å². The molecule has 222 valence electrons. The van der Waals surface area contributed by atoms with E-state index in [1.54, 1.807) is 0 Å². The Kier molecular flexibility index (Phi) is 5.08. The molecule has 0 saturated carbocycles. The predicted molar refractivity (Wildman–Crippen MR) is 200 cm³/mol. The molecule has 0 N–H and O–H groups in total. The van der Waals surface area contributed by atoms with Gasteiger partial charge in [-0.05, 0) is 85.9 Å². The van der Waals surface area contributed by atoms with Gasteiger partial charge in [-0.15, -0.1) is 0 Å². The zero-order valence-corrected chi connectivity index (χ0v) is 25.8. The zero-order chi connectivity index (χ0) is 31.3. The highest BCUT2D eigenvalue weighted by Gasteiger charge is 2.20. The van der Waals surface area contributed by atoms with Crippen molar-refractivity contribution in [2.75, 3.05) is 0 Å². The molecule has 3 aromatic heterocycles. The first-order valence-corrected chi connectivity index (χ1v) is 16.3. The van der Waals surface area contributed by atoms with Crippen molar-refractivity contribution >= 4 is 81.7 Å². The molecule has 11 rings (SSSR count). The van der Waals surface area contributed by atoms with Gasteiger partial charge in [0.05, 0.1) is 27.6 Å². The molecule has 0 aliphatic heterocycles. The average molecular weight is 611 g/mol. The highest BCUT2D eigenvalue weighted by Crippen LogP contribution is 2.39. The fourth-order valence-corrected chi connectivity index (χ4v) is 7.93. The van der Waals surface area contributed by atoms with Crippen LogP contribution in [-0.4, -0.2) is 18.9 Å². The number of imidazole rings is 1. The summed E-state index contributed by atoms with van der Waals surface area (Å²) in [5.74, 6) is 0.830. The van der Waals surface area contributed by atoms with Crippen LogP contribution in [0.15, 0.2) is 158 Å². The number of rotatable bonds is 2. The molecule has 3 heterocycles. The Hall–Kier alpha value is -6.52. The highest BCUT2D eigenvalue weighted by atomic mass is 15.2. The van der Waals surface area contributed by atoms with Crippen molar-refractivity contribution in [3.63, 3.8) is 0 Å². The number of para-hydroxylation sites is 4. The molecule has 0 fully saturated rings. The van der Waals surface area contributed by atoms with E-state index < -0.39 is 0 Å². The first-order valence-electron chi connectivity index (χ1n) is 16.3. The summed E-state index contributed by atoms with van der Waals surface area (Å²) in [7, 11) is 0. The van der Waals surface area contributed by atoms with Gasteiger partial charge in [-0.25, -0.2) is 9.97 Å². The van der Waals surface area contributed by atoms with Gasteiger partial charge in [0.25, 0.3) is 0 Å². The summed E-state index contributed by atoms with van der Waals surface area (Å²) in [5.41, 5.74) is 8.40. The lowest BCUT2D eigenvalue weighted by molar-refractivity contribution is 0.979. The van der Waals surface area contributed by atoms with Gasteiger partial charge in [0.2, 0.25) is 5.95 Å². The summed E-state index contributed by atoms with van der Waals surface area (Å²) >= 11 is 0. The van der Waals surface area contributed by atoms with Crippen LogP contribution in [0.1, 0.15) is 0 Å². The van der Waals surface area contributed by atoms with Crippen molar-refractivity contribution in [3.8, 4) is 17.1 Å². The van der Waals surface area contributed by atoms with E-state index in [1.165, 1.54) is 54.2 Å². The largest absolute Gasteiger partial charge is 0.279 e. The maximum atomic E-state index is 5.36. The molecule has 0 bridgehead atoms. The lowest BCUT2D eigenvalue weighted by atomic mass is 9.92. The minimum absolute atomic E-state index is 0.830. The Morgan fingerprint density at radius 3 is 1.56 bits per heavy atom. The zero-order valence-electron chi connectivity index (χ0n) is 25.8. The lowest BCUT2D eigenvalue weighted by Crippen LogP contribution is -2.06. The van der Waals surface area contributed by atoms with E-state index in [0.29, 0.717) is 0 Å². The van der Waals surface area contributed by atoms with Gasteiger partial charge in [0.15, 0.2) is 0 Å². The Labute approximate surface area is 274 Å². The Morgan fingerprint density at radius 1 is 0.333 bits per heavy atom. The van der Waals surface area contributed by atoms with Crippen molar-refractivity contribution in [1.82, 2.24) is 18.9 Å². The van der Waals surface area contributed by atoms with Gasteiger partial charge in [-0.3, -0.25) is 8.97 Å². The topological polar surface area (TPSA) is 35.1 Å². The number of hydrogen-bond donors (Lipinski definition) is 0. The summed E-state index contributed by atoms with van der Waals surface area (Å²) in [4.78, 5) is 10.5. The summed E-state index contributed by atoms with van der Waals surface area (Å²) < 4.78 is 4.55. The third kappa shape index (κ3) is 3.43. The summed E-state index contributed by atoms with van der Waals surface area (Å²) in [5, 5.41) is 11.1. The molecule has 48 heavy (non-hydrogen) atoms. The molecule has 0 amide bonds. The second kappa shape index (κ2) is 9.50. The van der Waals surface area contributed by atoms with E-state index in [0.717, 1.165) is 44.6 Å². The highest BCUT2D eigenvalue weighted by molar-refractivity contribution is 6.25. The molecule has 11 aromatic rings. The van der Waals surface area contributed by atoms with Crippen molar-refractivity contribution in [2.45, 2.75) is 0 Å². The molecule has 0 saturated heterocycles. The maximum absolute atomic E-state index is 5.36. The smallest absolute Gasteiger partial charge is 0.221 e. The van der Waals surface area contributed by atoms with Crippen LogP contribution in [0, 0.1) is 0 Å². The average Bonchev–Trinajstić information content (AvgIpc) is 3.71. The summed E-state index contributed by atoms with van der Waals surface area (Å²) in [6.07, 6.45) is 0. The molecule has 0 spiro atoms. The fraction of sp³-hybridized carbons (Fsp3) is 0. The molecule has 0 atom stereocenters. The van der Waals surface area contributed by atoms with Gasteiger partial charge in [0.1, 0.15) is 5.65 Å². The molecule has 0 radical (unpaired) electrons. The molecule has 0 aliphatic carbocycles. The quantitative estimate of drug-likeness (QED) is 0.183. The summed E-state index contributed by atoms with van der Waals surface area (Å²) in [6.45, 7) is 0. The minimum atomic E-state index is 0.830. The van der Waals surface area contributed by atoms with Gasteiger partial charge in [0, 0.05) is 16.2 Å². The Balaban J connectivity index is 1.24. The number of benzene rings is 8. The van der Waals surface area contributed by atoms with Crippen LogP contribution in [0.5, 0.6) is 0 Å². The SMILES string of the molecule is c1ccc2c(c1)nc(-n1c3ccccc3c3ccc(-c4ccc5c6ccccc6c6ccccc6c5c4)cc31)n1c3ccccc3nc21. The fourth-order valence-electron chi connectivity index (χ4n) is 7.93. The van der Waals surface area contributed by atoms with Crippen LogP contribution >= 0.6 is 0 Å². The van der Waals surface area contributed by atoms with Crippen molar-refractivity contribution in [2.24, 2.45) is 0 Å². The van der Waals surface area contributed by atoms with Gasteiger partial charge < -0.3 is 0 Å². The van der Waals surface area contributed by atoms with Gasteiger partial charge in [-0.1, -0.05) is 115 Å². The predicted octanol–water partition coefficient (Wildman–Crippen LogP) is 11.3. The Bertz CT molecular complexity index is 3090. The second-order valence-electron chi connectivity index (χ2n) is 12.6. The number of fused-ring (bicyclic) bond motifs is 14. The number of nitrogens with zero attached hydrogens (tertiary/aromatic N) is 4. The third-order valence-electron chi connectivity index (χ3n) is 10.1. The third-order valence-corrected chi connectivity index (χ3v) is 10.1. The van der Waals surface area contributed by atoms with E-state index in [-0.39, 0.29) is 0 Å². The van der Waals surface area contributed by atoms with E-state index in [1.807, 2.05) is 6.07 Å². The maximum Gasteiger partial charge on any atom is 0.221 e. The number of aromatic nitrogens is 4. The van der Waals surface area contributed by atoms with Gasteiger partial charge >= 0.3 is 0 Å². The van der Waals surface area contributed by atoms with Crippen LogP contribution in [0.2, 0.25) is 0 Å². The monoisotopic (exact) mass is 610 g/mol. The van der Waals surface area contributed by atoms with Crippen LogP contribution < -0.4 is 0 Å². The van der Waals surface area contributed by atoms with Crippen LogP contribution in [0.3, 0.4) is 0 Å². The molecule has 0 aliphatic rings. The standard InChI is InChI=1S/C44H26N4/c1-2-13-31-29(11-1)30-12-3-4-14-32(30)37-25-27(21-23-33(31)37)28-22-24-35-34-15-6-9-19-40(34)47(42(35)26-28)44-46-38-17-7-5-16-36(38)43-45-39-18-8-10-20-41(39)48(43)44/h1-26H. The minimum Gasteiger partial charge on any atom is -0.279 e. The molecular formula is C44H26N4. The van der Waals surface area contributed by atoms with Gasteiger partial charge in [-0.2, -0.15) is 0 Å². The molecular weight excluding hydrogens is 585 g/mol. The van der Waals surface area contributed by atoms with Crippen LogP contribution in [0.4, 0.5) is 0 Å². The second-order valence-corrected chi connectivity index (χ2v) is 12.6. The first-order chi connectivity index (χ1) is 23.8. The lowest BCUT2D eigenvalue weighted by Gasteiger charge is -2.14. The van der Waals surface area contributed by atoms with E-state index >= 15 is 0 Å². The molecule has 8 aromatic carbocycles. The van der Waals surface area contributed by atoms with Crippen molar-refractivity contribution in [1.29, 1.82) is 0 Å².